The molecule has 8 heteroatoms. The molecule has 0 fully saturated rings. The number of carbonyl (C=O) groups is 1. The zero-order valence-corrected chi connectivity index (χ0v) is 16.5. The normalized spacial score (nSPS) is 11.2. The van der Waals surface area contributed by atoms with Crippen LogP contribution in [0.1, 0.15) is 15.9 Å². The van der Waals surface area contributed by atoms with E-state index >= 15 is 0 Å². The number of anilines is 1. The Hall–Kier alpha value is -1.57. The third-order valence-electron chi connectivity index (χ3n) is 3.32. The number of amides is 1. The molecule has 0 saturated carbocycles. The van der Waals surface area contributed by atoms with Crippen molar-refractivity contribution in [3.63, 3.8) is 0 Å². The van der Waals surface area contributed by atoms with Crippen LogP contribution in [0.4, 0.5) is 5.69 Å². The summed E-state index contributed by atoms with van der Waals surface area (Å²) in [5, 5.41) is 0.107. The van der Waals surface area contributed by atoms with Crippen LogP contribution in [0.15, 0.2) is 45.8 Å². The molecule has 24 heavy (non-hydrogen) atoms. The number of hydrogen-bond acceptors (Lipinski definition) is 3. The van der Waals surface area contributed by atoms with E-state index in [0.717, 1.165) is 0 Å². The van der Waals surface area contributed by atoms with Gasteiger partial charge >= 0.3 is 0 Å². The van der Waals surface area contributed by atoms with Crippen molar-refractivity contribution in [2.45, 2.75) is 11.8 Å². The average Bonchev–Trinajstić information content (AvgIpc) is 2.48. The van der Waals surface area contributed by atoms with Crippen LogP contribution in [-0.4, -0.2) is 33.3 Å². The second-order valence-corrected chi connectivity index (χ2v) is 8.38. The lowest BCUT2D eigenvalue weighted by Gasteiger charge is -2.15. The molecule has 0 aromatic heterocycles. The molecule has 0 aliphatic heterocycles. The molecule has 2 aromatic carbocycles. The van der Waals surface area contributed by atoms with Gasteiger partial charge in [0.05, 0.1) is 10.7 Å². The van der Waals surface area contributed by atoms with Crippen molar-refractivity contribution in [3.8, 4) is 0 Å². The molecule has 2 aromatic rings. The zero-order valence-electron chi connectivity index (χ0n) is 13.3. The van der Waals surface area contributed by atoms with E-state index < -0.39 is 10.0 Å². The van der Waals surface area contributed by atoms with Crippen LogP contribution < -0.4 is 4.72 Å². The third-order valence-corrected chi connectivity index (χ3v) is 5.66. The molecular weight excluding hydrogens is 416 g/mol. The number of carbonyl (C=O) groups excluding carboxylic acids is 1. The summed E-state index contributed by atoms with van der Waals surface area (Å²) >= 11 is 9.27. The van der Waals surface area contributed by atoms with E-state index in [2.05, 4.69) is 20.7 Å². The summed E-state index contributed by atoms with van der Waals surface area (Å²) in [4.78, 5) is 13.5. The quantitative estimate of drug-likeness (QED) is 0.798. The molecule has 0 unspecified atom stereocenters. The summed E-state index contributed by atoms with van der Waals surface area (Å²) in [6, 6.07) is 9.38. The van der Waals surface area contributed by atoms with E-state index in [4.69, 9.17) is 11.6 Å². The predicted molar refractivity (Wildman–Crippen MR) is 99.2 cm³/mol. The predicted octanol–water partition coefficient (Wildman–Crippen LogP) is 3.91. The fraction of sp³-hybridized carbons (Fsp3) is 0.188. The fourth-order valence-electron chi connectivity index (χ4n) is 2.02. The topological polar surface area (TPSA) is 66.5 Å². The lowest BCUT2D eigenvalue weighted by atomic mass is 10.1. The van der Waals surface area contributed by atoms with Gasteiger partial charge in [0, 0.05) is 24.1 Å². The summed E-state index contributed by atoms with van der Waals surface area (Å²) in [6.07, 6.45) is 0. The van der Waals surface area contributed by atoms with Crippen LogP contribution in [0.5, 0.6) is 0 Å². The van der Waals surface area contributed by atoms with Crippen molar-refractivity contribution >= 4 is 49.1 Å². The molecule has 0 bridgehead atoms. The average molecular weight is 432 g/mol. The fourth-order valence-corrected chi connectivity index (χ4v) is 4.18. The third kappa shape index (κ3) is 4.09. The Kier molecular flexibility index (Phi) is 5.57. The number of sulfonamides is 1. The van der Waals surface area contributed by atoms with Gasteiger partial charge in [-0.3, -0.25) is 9.52 Å². The molecule has 0 radical (unpaired) electrons. The molecule has 0 heterocycles. The largest absolute Gasteiger partial charge is 0.345 e. The standard InChI is InChI=1S/C16H16BrClN2O3S/c1-10-4-5-11(16(21)20(2)3)8-14(10)19-24(22,23)15-7-6-12(17)9-13(15)18/h4-9,19H,1-3H3. The number of nitrogens with one attached hydrogen (secondary N) is 1. The molecule has 0 saturated heterocycles. The number of halogens is 2. The molecule has 2 rings (SSSR count). The van der Waals surface area contributed by atoms with E-state index in [-0.39, 0.29) is 15.8 Å². The lowest BCUT2D eigenvalue weighted by molar-refractivity contribution is 0.0827. The molecule has 0 aliphatic rings. The van der Waals surface area contributed by atoms with Gasteiger partial charge in [0.25, 0.3) is 15.9 Å². The number of nitrogens with zero attached hydrogens (tertiary/aromatic N) is 1. The van der Waals surface area contributed by atoms with Gasteiger partial charge in [0.2, 0.25) is 0 Å². The Bertz CT molecular complexity index is 898. The van der Waals surface area contributed by atoms with Crippen LogP contribution in [0, 0.1) is 6.92 Å². The first kappa shape index (κ1) is 18.8. The summed E-state index contributed by atoms with van der Waals surface area (Å²) in [5.74, 6) is -0.211. The van der Waals surface area contributed by atoms with Gasteiger partial charge < -0.3 is 4.90 Å². The molecule has 0 atom stereocenters. The van der Waals surface area contributed by atoms with Gasteiger partial charge in [-0.2, -0.15) is 0 Å². The van der Waals surface area contributed by atoms with Gasteiger partial charge in [0.15, 0.2) is 0 Å². The molecule has 5 nitrogen and oxygen atoms in total. The van der Waals surface area contributed by atoms with Crippen molar-refractivity contribution in [2.75, 3.05) is 18.8 Å². The van der Waals surface area contributed by atoms with Crippen LogP contribution in [0.2, 0.25) is 5.02 Å². The van der Waals surface area contributed by atoms with E-state index in [0.29, 0.717) is 21.3 Å². The Labute approximate surface area is 154 Å². The van der Waals surface area contributed by atoms with Crippen LogP contribution in [-0.2, 0) is 10.0 Å². The highest BCUT2D eigenvalue weighted by molar-refractivity contribution is 9.10. The van der Waals surface area contributed by atoms with Gasteiger partial charge in [0.1, 0.15) is 4.90 Å². The Morgan fingerprint density at radius 3 is 2.42 bits per heavy atom. The van der Waals surface area contributed by atoms with Crippen LogP contribution in [0.3, 0.4) is 0 Å². The smallest absolute Gasteiger partial charge is 0.263 e. The van der Waals surface area contributed by atoms with Gasteiger partial charge in [-0.25, -0.2) is 8.42 Å². The van der Waals surface area contributed by atoms with Gasteiger partial charge in [-0.05, 0) is 42.8 Å². The number of aryl methyl sites for hydroxylation is 1. The number of hydrogen-bond donors (Lipinski definition) is 1. The van der Waals surface area contributed by atoms with Gasteiger partial charge in [-0.15, -0.1) is 0 Å². The van der Waals surface area contributed by atoms with Crippen molar-refractivity contribution in [2.24, 2.45) is 0 Å². The highest BCUT2D eigenvalue weighted by Crippen LogP contribution is 2.28. The van der Waals surface area contributed by atoms with Crippen molar-refractivity contribution < 1.29 is 13.2 Å². The summed E-state index contributed by atoms with van der Waals surface area (Å²) in [6.45, 7) is 1.75. The highest BCUT2D eigenvalue weighted by atomic mass is 79.9. The van der Waals surface area contributed by atoms with Crippen LogP contribution in [0.25, 0.3) is 0 Å². The maximum atomic E-state index is 12.6. The minimum absolute atomic E-state index is 0.0314. The first-order chi connectivity index (χ1) is 11.1. The monoisotopic (exact) mass is 430 g/mol. The van der Waals surface area contributed by atoms with E-state index in [1.807, 2.05) is 0 Å². The lowest BCUT2D eigenvalue weighted by Crippen LogP contribution is -2.22. The molecule has 128 valence electrons. The summed E-state index contributed by atoms with van der Waals surface area (Å²) in [7, 11) is -0.609. The Morgan fingerprint density at radius 1 is 1.17 bits per heavy atom. The maximum absolute atomic E-state index is 12.6. The van der Waals surface area contributed by atoms with Crippen molar-refractivity contribution in [1.29, 1.82) is 0 Å². The molecule has 0 spiro atoms. The minimum atomic E-state index is -3.87. The highest BCUT2D eigenvalue weighted by Gasteiger charge is 2.20. The minimum Gasteiger partial charge on any atom is -0.345 e. The summed E-state index contributed by atoms with van der Waals surface area (Å²) < 4.78 is 28.4. The van der Waals surface area contributed by atoms with Crippen LogP contribution >= 0.6 is 27.5 Å². The van der Waals surface area contributed by atoms with Crippen molar-refractivity contribution in [1.82, 2.24) is 4.90 Å². The second-order valence-electron chi connectivity index (χ2n) is 5.41. The Morgan fingerprint density at radius 2 is 1.83 bits per heavy atom. The number of rotatable bonds is 4. The SMILES string of the molecule is Cc1ccc(C(=O)N(C)C)cc1NS(=O)(=O)c1ccc(Br)cc1Cl. The Balaban J connectivity index is 2.42. The summed E-state index contributed by atoms with van der Waals surface area (Å²) in [5.41, 5.74) is 1.43. The second kappa shape index (κ2) is 7.13. The molecule has 1 amide bonds. The molecule has 0 aliphatic carbocycles. The first-order valence-corrected chi connectivity index (χ1v) is 9.57. The molecule has 1 N–H and O–H groups in total. The first-order valence-electron chi connectivity index (χ1n) is 6.92. The van der Waals surface area contributed by atoms with E-state index in [1.54, 1.807) is 39.2 Å². The van der Waals surface area contributed by atoms with E-state index in [9.17, 15) is 13.2 Å². The zero-order chi connectivity index (χ0) is 18.1. The maximum Gasteiger partial charge on any atom is 0.263 e. The van der Waals surface area contributed by atoms with Crippen molar-refractivity contribution in [3.05, 3.63) is 57.0 Å². The van der Waals surface area contributed by atoms with Gasteiger partial charge in [-0.1, -0.05) is 33.6 Å². The molecular formula is C16H16BrClN2O3S. The van der Waals surface area contributed by atoms with E-state index in [1.165, 1.54) is 23.1 Å². The number of benzene rings is 2.